The van der Waals surface area contributed by atoms with Gasteiger partial charge in [0.05, 0.1) is 13.2 Å². The number of hydrogen-bond donors (Lipinski definition) is 1. The molecule has 1 N–H and O–H groups in total. The van der Waals surface area contributed by atoms with E-state index < -0.39 is 0 Å². The molecule has 1 aliphatic rings. The Morgan fingerprint density at radius 3 is 3.27 bits per heavy atom. The van der Waals surface area contributed by atoms with Crippen LogP contribution in [0.25, 0.3) is 0 Å². The molecule has 0 spiro atoms. The number of morpholine rings is 1. The van der Waals surface area contributed by atoms with Crippen molar-refractivity contribution in [1.82, 2.24) is 5.32 Å². The first-order valence-electron chi connectivity index (χ1n) is 3.89. The third kappa shape index (κ3) is 3.08. The monoisotopic (exact) mass is 177 g/mol. The van der Waals surface area contributed by atoms with E-state index in [9.17, 15) is 0 Å². The molecule has 64 valence electrons. The molecular weight excluding hydrogens is 164 g/mol. The standard InChI is InChI=1S/C7H13ClN2O/c1-2-9-6-10-3-4-11-7(8)5-10/h6-7H,2-5H2,1H3/p+1. The van der Waals surface area contributed by atoms with Gasteiger partial charge in [0.2, 0.25) is 6.34 Å². The minimum atomic E-state index is -0.154. The predicted octanol–water partition coefficient (Wildman–Crippen LogP) is 0.232. The van der Waals surface area contributed by atoms with Crippen LogP contribution < -0.4 is 5.32 Å². The molecule has 0 aromatic carbocycles. The smallest absolute Gasteiger partial charge is 0.232 e. The van der Waals surface area contributed by atoms with Gasteiger partial charge < -0.3 is 4.74 Å². The van der Waals surface area contributed by atoms with E-state index in [0.717, 1.165) is 26.2 Å². The molecule has 0 aromatic heterocycles. The molecule has 0 amide bonds. The van der Waals surface area contributed by atoms with Gasteiger partial charge in [0.1, 0.15) is 13.1 Å². The van der Waals surface area contributed by atoms with Gasteiger partial charge in [-0.2, -0.15) is 0 Å². The molecule has 3 nitrogen and oxygen atoms in total. The lowest BCUT2D eigenvalue weighted by Crippen LogP contribution is -2.36. The quantitative estimate of drug-likeness (QED) is 0.371. The second kappa shape index (κ2) is 4.57. The molecule has 0 aliphatic carbocycles. The van der Waals surface area contributed by atoms with E-state index in [0.29, 0.717) is 0 Å². The van der Waals surface area contributed by atoms with Crippen LogP contribution in [0.4, 0.5) is 0 Å². The highest BCUT2D eigenvalue weighted by Gasteiger charge is 2.16. The number of alkyl halides is 1. The van der Waals surface area contributed by atoms with Crippen molar-refractivity contribution in [3.05, 3.63) is 0 Å². The van der Waals surface area contributed by atoms with Gasteiger partial charge in [-0.3, -0.25) is 9.89 Å². The van der Waals surface area contributed by atoms with Crippen LogP contribution in [0.5, 0.6) is 0 Å². The number of nitrogens with one attached hydrogen (secondary N) is 1. The van der Waals surface area contributed by atoms with Crippen LogP contribution in [0.2, 0.25) is 0 Å². The summed E-state index contributed by atoms with van der Waals surface area (Å²) in [5.41, 5.74) is -0.154. The molecule has 1 atom stereocenters. The van der Waals surface area contributed by atoms with E-state index in [2.05, 4.69) is 16.8 Å². The van der Waals surface area contributed by atoms with Crippen molar-refractivity contribution in [3.8, 4) is 0 Å². The molecule has 1 heterocycles. The van der Waals surface area contributed by atoms with E-state index in [4.69, 9.17) is 16.3 Å². The highest BCUT2D eigenvalue weighted by atomic mass is 35.5. The SMILES string of the molecule is CCNC=[N+]1CCOC(Cl)C1. The van der Waals surface area contributed by atoms with Crippen molar-refractivity contribution < 1.29 is 9.31 Å². The molecule has 0 radical (unpaired) electrons. The fourth-order valence-corrected chi connectivity index (χ4v) is 1.23. The second-order valence-corrected chi connectivity index (χ2v) is 2.95. The minimum Gasteiger partial charge on any atom is -0.354 e. The summed E-state index contributed by atoms with van der Waals surface area (Å²) >= 11 is 5.78. The Balaban J connectivity index is 2.32. The lowest BCUT2D eigenvalue weighted by Gasteiger charge is -2.18. The molecule has 1 unspecified atom stereocenters. The Morgan fingerprint density at radius 2 is 2.64 bits per heavy atom. The van der Waals surface area contributed by atoms with Gasteiger partial charge in [0.15, 0.2) is 5.56 Å². The van der Waals surface area contributed by atoms with E-state index in [1.54, 1.807) is 0 Å². The summed E-state index contributed by atoms with van der Waals surface area (Å²) in [6.45, 7) is 5.43. The van der Waals surface area contributed by atoms with Crippen molar-refractivity contribution in [2.45, 2.75) is 12.5 Å². The summed E-state index contributed by atoms with van der Waals surface area (Å²) in [6.07, 6.45) is 1.97. The van der Waals surface area contributed by atoms with Crippen molar-refractivity contribution in [1.29, 1.82) is 0 Å². The zero-order chi connectivity index (χ0) is 8.10. The number of nitrogens with zero attached hydrogens (tertiary/aromatic N) is 1. The summed E-state index contributed by atoms with van der Waals surface area (Å²) in [4.78, 5) is 0. The Labute approximate surface area is 72.0 Å². The maximum Gasteiger partial charge on any atom is 0.232 e. The average molecular weight is 178 g/mol. The van der Waals surface area contributed by atoms with E-state index in [-0.39, 0.29) is 5.56 Å². The Hall–Kier alpha value is -0.280. The molecule has 11 heavy (non-hydrogen) atoms. The minimum absolute atomic E-state index is 0.154. The van der Waals surface area contributed by atoms with E-state index in [1.165, 1.54) is 0 Å². The number of ether oxygens (including phenoxy) is 1. The first-order chi connectivity index (χ1) is 5.33. The Bertz CT molecular complexity index is 149. The molecular formula is C7H14ClN2O+. The summed E-state index contributed by atoms with van der Waals surface area (Å²) < 4.78 is 7.29. The maximum atomic E-state index is 5.78. The fraction of sp³-hybridized carbons (Fsp3) is 0.857. The van der Waals surface area contributed by atoms with E-state index >= 15 is 0 Å². The average Bonchev–Trinajstić information content (AvgIpc) is 2.01. The molecule has 0 saturated carbocycles. The normalized spacial score (nSPS) is 28.9. The van der Waals surface area contributed by atoms with Crippen molar-refractivity contribution in [2.24, 2.45) is 0 Å². The molecule has 0 bridgehead atoms. The zero-order valence-corrected chi connectivity index (χ0v) is 7.47. The van der Waals surface area contributed by atoms with Crippen LogP contribution in [0.3, 0.4) is 0 Å². The Kier molecular flexibility index (Phi) is 3.66. The van der Waals surface area contributed by atoms with Gasteiger partial charge in [0.25, 0.3) is 0 Å². The number of rotatable bonds is 2. The van der Waals surface area contributed by atoms with Crippen molar-refractivity contribution in [2.75, 3.05) is 26.2 Å². The molecule has 1 fully saturated rings. The Morgan fingerprint density at radius 1 is 1.82 bits per heavy atom. The molecule has 1 rings (SSSR count). The number of halogens is 1. The van der Waals surface area contributed by atoms with Crippen LogP contribution in [-0.2, 0) is 4.74 Å². The van der Waals surface area contributed by atoms with Crippen LogP contribution in [0, 0.1) is 0 Å². The largest absolute Gasteiger partial charge is 0.354 e. The van der Waals surface area contributed by atoms with Crippen molar-refractivity contribution in [3.63, 3.8) is 0 Å². The van der Waals surface area contributed by atoms with Gasteiger partial charge in [-0.1, -0.05) is 11.6 Å². The zero-order valence-electron chi connectivity index (χ0n) is 6.72. The predicted molar refractivity (Wildman–Crippen MR) is 45.3 cm³/mol. The third-order valence-electron chi connectivity index (χ3n) is 1.53. The fourth-order valence-electron chi connectivity index (χ4n) is 0.964. The molecule has 1 saturated heterocycles. The highest BCUT2D eigenvalue weighted by Crippen LogP contribution is 2.02. The van der Waals surface area contributed by atoms with Crippen LogP contribution >= 0.6 is 11.6 Å². The van der Waals surface area contributed by atoms with Crippen LogP contribution in [-0.4, -0.2) is 42.7 Å². The highest BCUT2D eigenvalue weighted by molar-refractivity contribution is 6.19. The molecule has 4 heteroatoms. The topological polar surface area (TPSA) is 24.3 Å². The first-order valence-corrected chi connectivity index (χ1v) is 4.33. The summed E-state index contributed by atoms with van der Waals surface area (Å²) in [6, 6.07) is 0. The van der Waals surface area contributed by atoms with Gasteiger partial charge in [-0.05, 0) is 6.92 Å². The maximum absolute atomic E-state index is 5.78. The van der Waals surface area contributed by atoms with Crippen LogP contribution in [0.1, 0.15) is 6.92 Å². The van der Waals surface area contributed by atoms with Crippen molar-refractivity contribution >= 4 is 17.9 Å². The summed E-state index contributed by atoms with van der Waals surface area (Å²) in [5.74, 6) is 0. The molecule has 1 aliphatic heterocycles. The third-order valence-corrected chi connectivity index (χ3v) is 1.80. The van der Waals surface area contributed by atoms with Gasteiger partial charge in [-0.25, -0.2) is 0 Å². The van der Waals surface area contributed by atoms with Gasteiger partial charge in [0, 0.05) is 0 Å². The first kappa shape index (κ1) is 8.81. The lowest BCUT2D eigenvalue weighted by atomic mass is 10.5. The van der Waals surface area contributed by atoms with Gasteiger partial charge >= 0.3 is 0 Å². The summed E-state index contributed by atoms with van der Waals surface area (Å²) in [7, 11) is 0. The lowest BCUT2D eigenvalue weighted by molar-refractivity contribution is -0.550. The summed E-state index contributed by atoms with van der Waals surface area (Å²) in [5, 5.41) is 3.13. The van der Waals surface area contributed by atoms with Crippen LogP contribution in [0.15, 0.2) is 0 Å². The molecule has 0 aromatic rings. The van der Waals surface area contributed by atoms with E-state index in [1.807, 2.05) is 6.34 Å². The van der Waals surface area contributed by atoms with Gasteiger partial charge in [-0.15, -0.1) is 0 Å². The number of hydrogen-bond acceptors (Lipinski definition) is 1. The second-order valence-electron chi connectivity index (χ2n) is 2.46.